The van der Waals surface area contributed by atoms with E-state index in [2.05, 4.69) is 25.7 Å². The number of likely N-dealkylation sites (tertiary alicyclic amines) is 1. The molecule has 1 saturated heterocycles. The SMILES string of the molecule is CC(C)(C)N1CCC(C(=O)O)CC1. The third kappa shape index (κ3) is 2.69. The van der Waals surface area contributed by atoms with Gasteiger partial charge < -0.3 is 5.11 Å². The number of carboxylic acids is 1. The van der Waals surface area contributed by atoms with Gasteiger partial charge in [-0.1, -0.05) is 0 Å². The smallest absolute Gasteiger partial charge is 0.306 e. The summed E-state index contributed by atoms with van der Waals surface area (Å²) in [7, 11) is 0. The maximum Gasteiger partial charge on any atom is 0.306 e. The molecule has 0 aromatic heterocycles. The lowest BCUT2D eigenvalue weighted by Gasteiger charge is -2.39. The van der Waals surface area contributed by atoms with Crippen LogP contribution in [-0.4, -0.2) is 34.6 Å². The van der Waals surface area contributed by atoms with Crippen molar-refractivity contribution >= 4 is 5.97 Å². The average molecular weight is 185 g/mol. The Balaban J connectivity index is 2.44. The van der Waals surface area contributed by atoms with Crippen LogP contribution in [-0.2, 0) is 4.79 Å². The van der Waals surface area contributed by atoms with Crippen molar-refractivity contribution < 1.29 is 9.90 Å². The van der Waals surface area contributed by atoms with E-state index in [1.165, 1.54) is 0 Å². The average Bonchev–Trinajstić information content (AvgIpc) is 2.03. The Bertz CT molecular complexity index is 188. The summed E-state index contributed by atoms with van der Waals surface area (Å²) in [6.45, 7) is 8.36. The summed E-state index contributed by atoms with van der Waals surface area (Å²) in [5.41, 5.74) is 0.184. The third-order valence-corrected chi connectivity index (χ3v) is 2.79. The number of carbonyl (C=O) groups is 1. The van der Waals surface area contributed by atoms with Crippen molar-refractivity contribution in [1.29, 1.82) is 0 Å². The van der Waals surface area contributed by atoms with E-state index in [0.717, 1.165) is 25.9 Å². The highest BCUT2D eigenvalue weighted by Gasteiger charge is 2.29. The summed E-state index contributed by atoms with van der Waals surface area (Å²) in [6, 6.07) is 0. The molecule has 3 nitrogen and oxygen atoms in total. The predicted octanol–water partition coefficient (Wildman–Crippen LogP) is 1.58. The molecule has 1 N–H and O–H groups in total. The van der Waals surface area contributed by atoms with E-state index in [1.807, 2.05) is 0 Å². The highest BCUT2D eigenvalue weighted by Crippen LogP contribution is 2.23. The summed E-state index contributed by atoms with van der Waals surface area (Å²) in [4.78, 5) is 13.0. The fraction of sp³-hybridized carbons (Fsp3) is 0.900. The van der Waals surface area contributed by atoms with Crippen LogP contribution in [0.5, 0.6) is 0 Å². The molecule has 3 heteroatoms. The monoisotopic (exact) mass is 185 g/mol. The summed E-state index contributed by atoms with van der Waals surface area (Å²) < 4.78 is 0. The Morgan fingerprint density at radius 3 is 2.08 bits per heavy atom. The first kappa shape index (κ1) is 10.5. The van der Waals surface area contributed by atoms with Crippen LogP contribution in [0.2, 0.25) is 0 Å². The second-order valence-corrected chi connectivity index (χ2v) is 4.77. The van der Waals surface area contributed by atoms with Gasteiger partial charge in [0, 0.05) is 5.54 Å². The molecule has 0 aromatic carbocycles. The summed E-state index contributed by atoms with van der Waals surface area (Å²) in [5.74, 6) is -0.743. The van der Waals surface area contributed by atoms with E-state index < -0.39 is 5.97 Å². The minimum Gasteiger partial charge on any atom is -0.481 e. The first-order valence-electron chi connectivity index (χ1n) is 4.89. The number of aliphatic carboxylic acids is 1. The lowest BCUT2D eigenvalue weighted by Crippen LogP contribution is -2.47. The normalized spacial score (nSPS) is 21.8. The van der Waals surface area contributed by atoms with Gasteiger partial charge in [-0.25, -0.2) is 0 Å². The molecule has 0 radical (unpaired) electrons. The molecule has 0 unspecified atom stereocenters. The fourth-order valence-electron chi connectivity index (χ4n) is 1.80. The van der Waals surface area contributed by atoms with Gasteiger partial charge in [0.15, 0.2) is 0 Å². The van der Waals surface area contributed by atoms with Crippen LogP contribution >= 0.6 is 0 Å². The Kier molecular flexibility index (Phi) is 2.96. The zero-order valence-corrected chi connectivity index (χ0v) is 8.71. The van der Waals surface area contributed by atoms with Crippen LogP contribution in [0.1, 0.15) is 33.6 Å². The number of rotatable bonds is 1. The first-order chi connectivity index (χ1) is 5.91. The quantitative estimate of drug-likeness (QED) is 0.674. The highest BCUT2D eigenvalue weighted by atomic mass is 16.4. The molecule has 0 spiro atoms. The number of hydrogen-bond acceptors (Lipinski definition) is 2. The van der Waals surface area contributed by atoms with Crippen molar-refractivity contribution in [1.82, 2.24) is 4.90 Å². The third-order valence-electron chi connectivity index (χ3n) is 2.79. The summed E-state index contributed by atoms with van der Waals surface area (Å²) in [6.07, 6.45) is 1.60. The Labute approximate surface area is 79.7 Å². The van der Waals surface area contributed by atoms with Crippen molar-refractivity contribution in [2.24, 2.45) is 5.92 Å². The van der Waals surface area contributed by atoms with Gasteiger partial charge >= 0.3 is 5.97 Å². The zero-order chi connectivity index (χ0) is 10.1. The molecular formula is C10H19NO2. The van der Waals surface area contributed by atoms with Crippen molar-refractivity contribution in [3.05, 3.63) is 0 Å². The number of carboxylic acid groups (broad SMARTS) is 1. The van der Waals surface area contributed by atoms with E-state index in [-0.39, 0.29) is 11.5 Å². The molecule has 76 valence electrons. The first-order valence-corrected chi connectivity index (χ1v) is 4.89. The minimum atomic E-state index is -0.631. The molecule has 0 amide bonds. The predicted molar refractivity (Wildman–Crippen MR) is 51.7 cm³/mol. The van der Waals surface area contributed by atoms with Crippen LogP contribution < -0.4 is 0 Å². The molecule has 1 fully saturated rings. The van der Waals surface area contributed by atoms with Gasteiger partial charge in [-0.05, 0) is 46.7 Å². The minimum absolute atomic E-state index is 0.112. The Morgan fingerprint density at radius 1 is 1.31 bits per heavy atom. The second-order valence-electron chi connectivity index (χ2n) is 4.77. The molecule has 0 bridgehead atoms. The van der Waals surface area contributed by atoms with Crippen molar-refractivity contribution in [2.75, 3.05) is 13.1 Å². The van der Waals surface area contributed by atoms with Gasteiger partial charge in [0.2, 0.25) is 0 Å². The Morgan fingerprint density at radius 2 is 1.77 bits per heavy atom. The van der Waals surface area contributed by atoms with Gasteiger partial charge in [-0.3, -0.25) is 9.69 Å². The van der Waals surface area contributed by atoms with E-state index >= 15 is 0 Å². The molecular weight excluding hydrogens is 166 g/mol. The molecule has 0 aliphatic carbocycles. The number of piperidine rings is 1. The molecule has 1 aliphatic rings. The molecule has 1 heterocycles. The lowest BCUT2D eigenvalue weighted by molar-refractivity contribution is -0.143. The second kappa shape index (κ2) is 3.66. The van der Waals surface area contributed by atoms with Gasteiger partial charge in [0.1, 0.15) is 0 Å². The van der Waals surface area contributed by atoms with Crippen LogP contribution in [0, 0.1) is 5.92 Å². The van der Waals surface area contributed by atoms with Crippen molar-refractivity contribution in [3.8, 4) is 0 Å². The number of nitrogens with zero attached hydrogens (tertiary/aromatic N) is 1. The van der Waals surface area contributed by atoms with Crippen molar-refractivity contribution in [3.63, 3.8) is 0 Å². The van der Waals surface area contributed by atoms with Crippen molar-refractivity contribution in [2.45, 2.75) is 39.2 Å². The van der Waals surface area contributed by atoms with Crippen LogP contribution in [0.4, 0.5) is 0 Å². The van der Waals surface area contributed by atoms with Crippen LogP contribution in [0.3, 0.4) is 0 Å². The van der Waals surface area contributed by atoms with E-state index in [9.17, 15) is 4.79 Å². The van der Waals surface area contributed by atoms with E-state index in [4.69, 9.17) is 5.11 Å². The Hall–Kier alpha value is -0.570. The molecule has 0 aromatic rings. The molecule has 0 saturated carbocycles. The molecule has 13 heavy (non-hydrogen) atoms. The summed E-state index contributed by atoms with van der Waals surface area (Å²) >= 11 is 0. The van der Waals surface area contributed by atoms with Gasteiger partial charge in [0.25, 0.3) is 0 Å². The zero-order valence-electron chi connectivity index (χ0n) is 8.71. The molecule has 0 atom stereocenters. The van der Waals surface area contributed by atoms with Gasteiger partial charge in [-0.2, -0.15) is 0 Å². The van der Waals surface area contributed by atoms with Crippen LogP contribution in [0.15, 0.2) is 0 Å². The lowest BCUT2D eigenvalue weighted by atomic mass is 9.93. The molecule has 1 aliphatic heterocycles. The maximum atomic E-state index is 10.7. The maximum absolute atomic E-state index is 10.7. The van der Waals surface area contributed by atoms with Gasteiger partial charge in [-0.15, -0.1) is 0 Å². The summed E-state index contributed by atoms with van der Waals surface area (Å²) in [5, 5.41) is 8.81. The van der Waals surface area contributed by atoms with Gasteiger partial charge in [0.05, 0.1) is 5.92 Å². The fourth-order valence-corrected chi connectivity index (χ4v) is 1.80. The topological polar surface area (TPSA) is 40.5 Å². The standard InChI is InChI=1S/C10H19NO2/c1-10(2,3)11-6-4-8(5-7-11)9(12)13/h8H,4-7H2,1-3H3,(H,12,13). The highest BCUT2D eigenvalue weighted by molar-refractivity contribution is 5.70. The van der Waals surface area contributed by atoms with Crippen LogP contribution in [0.25, 0.3) is 0 Å². The largest absolute Gasteiger partial charge is 0.481 e. The molecule has 1 rings (SSSR count). The van der Waals surface area contributed by atoms with E-state index in [1.54, 1.807) is 0 Å². The van der Waals surface area contributed by atoms with E-state index in [0.29, 0.717) is 0 Å². The number of hydrogen-bond donors (Lipinski definition) is 1.